The number of ether oxygens (including phenoxy) is 2. The highest BCUT2D eigenvalue weighted by atomic mass is 16.5. The molecule has 0 aromatic heterocycles. The monoisotopic (exact) mass is 297 g/mol. The Morgan fingerprint density at radius 1 is 1.19 bits per heavy atom. The van der Waals surface area contributed by atoms with E-state index in [-0.39, 0.29) is 0 Å². The van der Waals surface area contributed by atoms with Crippen molar-refractivity contribution in [3.8, 4) is 11.5 Å². The van der Waals surface area contributed by atoms with Gasteiger partial charge in [-0.15, -0.1) is 0 Å². The molecule has 0 aliphatic rings. The summed E-state index contributed by atoms with van der Waals surface area (Å²) in [5.74, 6) is -2.75. The molecule has 1 amide bonds. The summed E-state index contributed by atoms with van der Waals surface area (Å²) in [6.45, 7) is -0.455. The van der Waals surface area contributed by atoms with E-state index in [0.29, 0.717) is 11.5 Å². The molecular formula is C13H15NO7. The molecule has 21 heavy (non-hydrogen) atoms. The molecule has 0 fully saturated rings. The number of amides is 1. The van der Waals surface area contributed by atoms with Gasteiger partial charge in [0.25, 0.3) is 5.91 Å². The number of carbonyl (C=O) groups excluding carboxylic acids is 1. The molecule has 0 saturated carbocycles. The maximum atomic E-state index is 11.6. The molecule has 0 heterocycles. The average molecular weight is 297 g/mol. The van der Waals surface area contributed by atoms with Crippen LogP contribution in [0.4, 0.5) is 0 Å². The third-order valence-electron chi connectivity index (χ3n) is 2.44. The van der Waals surface area contributed by atoms with E-state index in [1.165, 1.54) is 7.11 Å². The topological polar surface area (TPSA) is 122 Å². The van der Waals surface area contributed by atoms with E-state index < -0.39 is 36.9 Å². The van der Waals surface area contributed by atoms with Gasteiger partial charge in [0.15, 0.2) is 18.1 Å². The van der Waals surface area contributed by atoms with Crippen LogP contribution in [0.3, 0.4) is 0 Å². The van der Waals surface area contributed by atoms with Crippen LogP contribution in [0.5, 0.6) is 11.5 Å². The summed E-state index contributed by atoms with van der Waals surface area (Å²) in [5.41, 5.74) is 0. The van der Waals surface area contributed by atoms with Crippen LogP contribution in [0.15, 0.2) is 24.3 Å². The largest absolute Gasteiger partial charge is 0.493 e. The first-order valence-electron chi connectivity index (χ1n) is 5.93. The Kier molecular flexibility index (Phi) is 5.99. The van der Waals surface area contributed by atoms with E-state index in [4.69, 9.17) is 19.7 Å². The van der Waals surface area contributed by atoms with Gasteiger partial charge in [0.2, 0.25) is 0 Å². The molecule has 8 heteroatoms. The van der Waals surface area contributed by atoms with Gasteiger partial charge in [-0.25, -0.2) is 4.79 Å². The van der Waals surface area contributed by atoms with Crippen molar-refractivity contribution in [2.24, 2.45) is 0 Å². The lowest BCUT2D eigenvalue weighted by Gasteiger charge is -2.13. The molecule has 0 bridgehead atoms. The lowest BCUT2D eigenvalue weighted by atomic mass is 10.2. The Morgan fingerprint density at radius 2 is 1.81 bits per heavy atom. The number of methoxy groups -OCH3 is 1. The minimum atomic E-state index is -1.50. The number of aliphatic carboxylic acids is 2. The number of benzene rings is 1. The van der Waals surface area contributed by atoms with Gasteiger partial charge in [0.05, 0.1) is 13.5 Å². The number of carboxylic acids is 2. The maximum absolute atomic E-state index is 11.6. The standard InChI is InChI=1S/C13H15NO7/c1-20-9-4-2-3-5-10(9)21-7-11(15)14-8(13(18)19)6-12(16)17/h2-5,8H,6-7H2,1H3,(H,14,15)(H,16,17)(H,18,19)/t8-/m0/s1. The lowest BCUT2D eigenvalue weighted by molar-refractivity contribution is -0.147. The van der Waals surface area contributed by atoms with Crippen LogP contribution in [-0.4, -0.2) is 47.8 Å². The first-order chi connectivity index (χ1) is 9.93. The van der Waals surface area contributed by atoms with E-state index in [2.05, 4.69) is 5.32 Å². The molecule has 1 atom stereocenters. The second-order valence-corrected chi connectivity index (χ2v) is 4.00. The van der Waals surface area contributed by atoms with E-state index in [1.807, 2.05) is 0 Å². The van der Waals surface area contributed by atoms with E-state index >= 15 is 0 Å². The number of nitrogens with one attached hydrogen (secondary N) is 1. The van der Waals surface area contributed by atoms with Crippen LogP contribution in [-0.2, 0) is 14.4 Å². The molecule has 0 spiro atoms. The molecular weight excluding hydrogens is 282 g/mol. The number of hydrogen-bond acceptors (Lipinski definition) is 5. The minimum Gasteiger partial charge on any atom is -0.493 e. The molecule has 0 aliphatic carbocycles. The Balaban J connectivity index is 2.56. The van der Waals surface area contributed by atoms with Crippen LogP contribution in [0, 0.1) is 0 Å². The van der Waals surface area contributed by atoms with Crippen LogP contribution in [0.2, 0.25) is 0 Å². The Bertz CT molecular complexity index is 529. The van der Waals surface area contributed by atoms with Gasteiger partial charge in [-0.3, -0.25) is 9.59 Å². The predicted molar refractivity (Wildman–Crippen MR) is 70.3 cm³/mol. The van der Waals surface area contributed by atoms with Gasteiger partial charge in [0, 0.05) is 0 Å². The van der Waals surface area contributed by atoms with Crippen molar-refractivity contribution in [2.45, 2.75) is 12.5 Å². The zero-order valence-corrected chi connectivity index (χ0v) is 11.2. The summed E-state index contributed by atoms with van der Waals surface area (Å²) in [7, 11) is 1.44. The van der Waals surface area contributed by atoms with E-state index in [9.17, 15) is 14.4 Å². The van der Waals surface area contributed by atoms with E-state index in [1.54, 1.807) is 24.3 Å². The van der Waals surface area contributed by atoms with Gasteiger partial charge >= 0.3 is 11.9 Å². The zero-order chi connectivity index (χ0) is 15.8. The molecule has 3 N–H and O–H groups in total. The van der Waals surface area contributed by atoms with Gasteiger partial charge < -0.3 is 25.0 Å². The van der Waals surface area contributed by atoms with Crippen molar-refractivity contribution in [1.82, 2.24) is 5.32 Å². The first kappa shape index (κ1) is 16.3. The maximum Gasteiger partial charge on any atom is 0.326 e. The van der Waals surface area contributed by atoms with Crippen molar-refractivity contribution in [3.05, 3.63) is 24.3 Å². The quantitative estimate of drug-likeness (QED) is 0.622. The smallest absolute Gasteiger partial charge is 0.326 e. The summed E-state index contributed by atoms with van der Waals surface area (Å²) in [6.07, 6.45) is -0.713. The van der Waals surface area contributed by atoms with Crippen LogP contribution in [0.1, 0.15) is 6.42 Å². The second kappa shape index (κ2) is 7.73. The molecule has 1 rings (SSSR count). The zero-order valence-electron chi connectivity index (χ0n) is 11.2. The van der Waals surface area contributed by atoms with Crippen molar-refractivity contribution in [3.63, 3.8) is 0 Å². The second-order valence-electron chi connectivity index (χ2n) is 4.00. The third kappa shape index (κ3) is 5.39. The minimum absolute atomic E-state index is 0.320. The summed E-state index contributed by atoms with van der Waals surface area (Å²) >= 11 is 0. The van der Waals surface area contributed by atoms with Crippen molar-refractivity contribution in [2.75, 3.05) is 13.7 Å². The third-order valence-corrected chi connectivity index (χ3v) is 2.44. The van der Waals surface area contributed by atoms with Crippen molar-refractivity contribution in [1.29, 1.82) is 0 Å². The highest BCUT2D eigenvalue weighted by Gasteiger charge is 2.23. The number of carbonyl (C=O) groups is 3. The first-order valence-corrected chi connectivity index (χ1v) is 5.93. The molecule has 0 radical (unpaired) electrons. The average Bonchev–Trinajstić information content (AvgIpc) is 2.44. The molecule has 0 aliphatic heterocycles. The summed E-state index contributed by atoms with van der Waals surface area (Å²) in [4.78, 5) is 32.9. The highest BCUT2D eigenvalue weighted by molar-refractivity contribution is 5.87. The lowest BCUT2D eigenvalue weighted by Crippen LogP contribution is -2.44. The van der Waals surface area contributed by atoms with E-state index in [0.717, 1.165) is 0 Å². The molecule has 0 unspecified atom stereocenters. The summed E-state index contributed by atoms with van der Waals surface area (Å²) in [6, 6.07) is 5.12. The van der Waals surface area contributed by atoms with Crippen LogP contribution in [0.25, 0.3) is 0 Å². The van der Waals surface area contributed by atoms with Crippen LogP contribution >= 0.6 is 0 Å². The Labute approximate surface area is 120 Å². The number of para-hydroxylation sites is 2. The predicted octanol–water partition coefficient (Wildman–Crippen LogP) is 0.118. The molecule has 0 saturated heterocycles. The van der Waals surface area contributed by atoms with Gasteiger partial charge in [0.1, 0.15) is 6.04 Å². The summed E-state index contributed by atoms with van der Waals surface area (Å²) in [5, 5.41) is 19.4. The Morgan fingerprint density at radius 3 is 2.33 bits per heavy atom. The fourth-order valence-electron chi connectivity index (χ4n) is 1.49. The van der Waals surface area contributed by atoms with Crippen LogP contribution < -0.4 is 14.8 Å². The fraction of sp³-hybridized carbons (Fsp3) is 0.308. The molecule has 8 nitrogen and oxygen atoms in total. The number of rotatable bonds is 8. The molecule has 1 aromatic rings. The summed E-state index contributed by atoms with van der Waals surface area (Å²) < 4.78 is 10.2. The normalized spacial score (nSPS) is 11.3. The number of hydrogen-bond donors (Lipinski definition) is 3. The van der Waals surface area contributed by atoms with Gasteiger partial charge in [-0.2, -0.15) is 0 Å². The van der Waals surface area contributed by atoms with Crippen molar-refractivity contribution >= 4 is 17.8 Å². The SMILES string of the molecule is COc1ccccc1OCC(=O)N[C@@H](CC(=O)O)C(=O)O. The van der Waals surface area contributed by atoms with Gasteiger partial charge in [-0.1, -0.05) is 12.1 Å². The highest BCUT2D eigenvalue weighted by Crippen LogP contribution is 2.25. The van der Waals surface area contributed by atoms with Gasteiger partial charge in [-0.05, 0) is 12.1 Å². The number of carboxylic acid groups (broad SMARTS) is 2. The molecule has 1 aromatic carbocycles. The molecule has 114 valence electrons. The fourth-order valence-corrected chi connectivity index (χ4v) is 1.49. The Hall–Kier alpha value is -2.77. The van der Waals surface area contributed by atoms with Crippen molar-refractivity contribution < 1.29 is 34.1 Å².